The first-order chi connectivity index (χ1) is 5.90. The predicted octanol–water partition coefficient (Wildman–Crippen LogP) is 1.47. The fourth-order valence-electron chi connectivity index (χ4n) is 2.22. The molecule has 2 aliphatic heterocycles. The van der Waals surface area contributed by atoms with Crippen LogP contribution in [-0.4, -0.2) is 24.8 Å². The summed E-state index contributed by atoms with van der Waals surface area (Å²) in [6.07, 6.45) is 7.87. The molecule has 2 heteroatoms. The highest BCUT2D eigenvalue weighted by atomic mass is 16.5. The Kier molecular flexibility index (Phi) is 2.47. The molecule has 3 atom stereocenters. The maximum atomic E-state index is 5.73. The topological polar surface area (TPSA) is 21.3 Å². The molecule has 2 heterocycles. The van der Waals surface area contributed by atoms with Crippen LogP contribution < -0.4 is 5.32 Å². The average molecular weight is 167 g/mol. The van der Waals surface area contributed by atoms with Gasteiger partial charge >= 0.3 is 0 Å². The van der Waals surface area contributed by atoms with Gasteiger partial charge in [0.25, 0.3) is 0 Å². The van der Waals surface area contributed by atoms with Crippen LogP contribution in [0.3, 0.4) is 0 Å². The lowest BCUT2D eigenvalue weighted by Gasteiger charge is -2.19. The second-order valence-corrected chi connectivity index (χ2v) is 3.75. The van der Waals surface area contributed by atoms with Crippen LogP contribution in [0.4, 0.5) is 0 Å². The Morgan fingerprint density at radius 3 is 3.00 bits per heavy atom. The first-order valence-corrected chi connectivity index (χ1v) is 4.90. The summed E-state index contributed by atoms with van der Waals surface area (Å²) in [5, 5.41) is 3.52. The number of hydrogen-bond donors (Lipinski definition) is 1. The number of hydrogen-bond acceptors (Lipinski definition) is 2. The van der Waals surface area contributed by atoms with E-state index in [9.17, 15) is 0 Å². The van der Waals surface area contributed by atoms with Gasteiger partial charge in [0.15, 0.2) is 0 Å². The van der Waals surface area contributed by atoms with Crippen molar-refractivity contribution in [1.29, 1.82) is 0 Å². The van der Waals surface area contributed by atoms with E-state index in [0.717, 1.165) is 13.0 Å². The van der Waals surface area contributed by atoms with E-state index >= 15 is 0 Å². The molecule has 2 nitrogen and oxygen atoms in total. The summed E-state index contributed by atoms with van der Waals surface area (Å²) in [5.41, 5.74) is 0. The van der Waals surface area contributed by atoms with Crippen molar-refractivity contribution in [2.45, 2.75) is 43.9 Å². The molecule has 2 fully saturated rings. The third kappa shape index (κ3) is 1.54. The van der Waals surface area contributed by atoms with Crippen molar-refractivity contribution < 1.29 is 4.74 Å². The summed E-state index contributed by atoms with van der Waals surface area (Å²) < 4.78 is 5.73. The Morgan fingerprint density at radius 1 is 1.50 bits per heavy atom. The van der Waals surface area contributed by atoms with Gasteiger partial charge in [-0.2, -0.15) is 0 Å². The summed E-state index contributed by atoms with van der Waals surface area (Å²) in [6.45, 7) is 4.76. The molecule has 2 bridgehead atoms. The van der Waals surface area contributed by atoms with Crippen LogP contribution in [0.2, 0.25) is 0 Å². The standard InChI is InChI=1S/C10H17NO/c1-2-3-6-11-9-7-8-4-5-10(9)12-8/h2,8-11H,1,3-7H2. The lowest BCUT2D eigenvalue weighted by atomic mass is 9.95. The highest BCUT2D eigenvalue weighted by Crippen LogP contribution is 2.34. The molecule has 0 radical (unpaired) electrons. The number of fused-ring (bicyclic) bond motifs is 2. The smallest absolute Gasteiger partial charge is 0.0733 e. The van der Waals surface area contributed by atoms with Crippen molar-refractivity contribution in [1.82, 2.24) is 5.32 Å². The van der Waals surface area contributed by atoms with Crippen LogP contribution in [0.1, 0.15) is 25.7 Å². The van der Waals surface area contributed by atoms with Crippen LogP contribution >= 0.6 is 0 Å². The molecule has 0 aliphatic carbocycles. The zero-order chi connectivity index (χ0) is 8.39. The van der Waals surface area contributed by atoms with E-state index < -0.39 is 0 Å². The third-order valence-electron chi connectivity index (χ3n) is 2.86. The molecule has 0 aromatic heterocycles. The van der Waals surface area contributed by atoms with Gasteiger partial charge in [-0.15, -0.1) is 6.58 Å². The summed E-state index contributed by atoms with van der Waals surface area (Å²) in [6, 6.07) is 0.628. The third-order valence-corrected chi connectivity index (χ3v) is 2.86. The first-order valence-electron chi connectivity index (χ1n) is 4.90. The molecule has 1 N–H and O–H groups in total. The van der Waals surface area contributed by atoms with Crippen molar-refractivity contribution in [3.05, 3.63) is 12.7 Å². The number of rotatable bonds is 4. The van der Waals surface area contributed by atoms with Crippen molar-refractivity contribution in [2.24, 2.45) is 0 Å². The van der Waals surface area contributed by atoms with E-state index in [-0.39, 0.29) is 0 Å². The molecule has 0 aromatic carbocycles. The van der Waals surface area contributed by atoms with Crippen LogP contribution in [-0.2, 0) is 4.74 Å². The largest absolute Gasteiger partial charge is 0.373 e. The molecule has 0 aromatic rings. The van der Waals surface area contributed by atoms with E-state index in [1.165, 1.54) is 19.3 Å². The van der Waals surface area contributed by atoms with Gasteiger partial charge in [-0.05, 0) is 32.2 Å². The maximum Gasteiger partial charge on any atom is 0.0733 e. The van der Waals surface area contributed by atoms with E-state index in [1.807, 2.05) is 6.08 Å². The van der Waals surface area contributed by atoms with Gasteiger partial charge in [0.1, 0.15) is 0 Å². The van der Waals surface area contributed by atoms with E-state index in [1.54, 1.807) is 0 Å². The monoisotopic (exact) mass is 167 g/mol. The fourth-order valence-corrected chi connectivity index (χ4v) is 2.22. The molecule has 2 rings (SSSR count). The lowest BCUT2D eigenvalue weighted by Crippen LogP contribution is -2.37. The molecular weight excluding hydrogens is 150 g/mol. The summed E-state index contributed by atoms with van der Waals surface area (Å²) in [4.78, 5) is 0. The molecule has 0 amide bonds. The Balaban J connectivity index is 1.72. The van der Waals surface area contributed by atoms with Crippen LogP contribution in [0.5, 0.6) is 0 Å². The summed E-state index contributed by atoms with van der Waals surface area (Å²) >= 11 is 0. The molecule has 12 heavy (non-hydrogen) atoms. The van der Waals surface area contributed by atoms with Gasteiger partial charge in [0.2, 0.25) is 0 Å². The Labute approximate surface area is 74.0 Å². The first kappa shape index (κ1) is 8.27. The number of nitrogens with one attached hydrogen (secondary N) is 1. The van der Waals surface area contributed by atoms with Gasteiger partial charge < -0.3 is 10.1 Å². The van der Waals surface area contributed by atoms with Crippen LogP contribution in [0.15, 0.2) is 12.7 Å². The minimum Gasteiger partial charge on any atom is -0.373 e. The molecule has 0 saturated carbocycles. The number of ether oxygens (including phenoxy) is 1. The minimum absolute atomic E-state index is 0.514. The molecule has 2 saturated heterocycles. The molecule has 0 spiro atoms. The fraction of sp³-hybridized carbons (Fsp3) is 0.800. The van der Waals surface area contributed by atoms with Gasteiger partial charge in [0, 0.05) is 6.04 Å². The molecule has 3 unspecified atom stereocenters. The van der Waals surface area contributed by atoms with Crippen LogP contribution in [0, 0.1) is 0 Å². The quantitative estimate of drug-likeness (QED) is 0.505. The van der Waals surface area contributed by atoms with Gasteiger partial charge in [-0.3, -0.25) is 0 Å². The SMILES string of the molecule is C=CCCNC1CC2CCC1O2. The highest BCUT2D eigenvalue weighted by Gasteiger charge is 2.39. The van der Waals surface area contributed by atoms with Gasteiger partial charge in [-0.25, -0.2) is 0 Å². The normalized spacial score (nSPS) is 38.8. The predicted molar refractivity (Wildman–Crippen MR) is 49.1 cm³/mol. The van der Waals surface area contributed by atoms with Crippen molar-refractivity contribution in [2.75, 3.05) is 6.54 Å². The maximum absolute atomic E-state index is 5.73. The second kappa shape index (κ2) is 3.58. The Morgan fingerprint density at radius 2 is 2.42 bits per heavy atom. The zero-order valence-electron chi connectivity index (χ0n) is 7.46. The highest BCUT2D eigenvalue weighted by molar-refractivity contribution is 4.94. The van der Waals surface area contributed by atoms with E-state index in [2.05, 4.69) is 11.9 Å². The van der Waals surface area contributed by atoms with Crippen molar-refractivity contribution in [3.8, 4) is 0 Å². The molecule has 68 valence electrons. The Hall–Kier alpha value is -0.340. The van der Waals surface area contributed by atoms with E-state index in [4.69, 9.17) is 4.74 Å². The zero-order valence-corrected chi connectivity index (χ0v) is 7.46. The van der Waals surface area contributed by atoms with Gasteiger partial charge in [0.05, 0.1) is 12.2 Å². The molecular formula is C10H17NO. The van der Waals surface area contributed by atoms with E-state index in [0.29, 0.717) is 18.2 Å². The summed E-state index contributed by atoms with van der Waals surface area (Å²) in [5.74, 6) is 0. The molecule has 2 aliphatic rings. The second-order valence-electron chi connectivity index (χ2n) is 3.75. The minimum atomic E-state index is 0.514. The van der Waals surface area contributed by atoms with Crippen molar-refractivity contribution >= 4 is 0 Å². The van der Waals surface area contributed by atoms with Crippen LogP contribution in [0.25, 0.3) is 0 Å². The summed E-state index contributed by atoms with van der Waals surface area (Å²) in [7, 11) is 0. The van der Waals surface area contributed by atoms with Crippen molar-refractivity contribution in [3.63, 3.8) is 0 Å². The lowest BCUT2D eigenvalue weighted by molar-refractivity contribution is 0.0975. The Bertz CT molecular complexity index is 169. The van der Waals surface area contributed by atoms with Gasteiger partial charge in [-0.1, -0.05) is 6.08 Å². The average Bonchev–Trinajstić information content (AvgIpc) is 2.65.